The monoisotopic (exact) mass is 599 g/mol. The van der Waals surface area contributed by atoms with Gasteiger partial charge in [0.15, 0.2) is 0 Å². The van der Waals surface area contributed by atoms with Crippen molar-refractivity contribution in [3.63, 3.8) is 0 Å². The lowest BCUT2D eigenvalue weighted by atomic mass is 10.0. The quantitative estimate of drug-likeness (QED) is 0.159. The van der Waals surface area contributed by atoms with Crippen LogP contribution in [0.5, 0.6) is 11.5 Å². The molecule has 0 fully saturated rings. The summed E-state index contributed by atoms with van der Waals surface area (Å²) in [6.07, 6.45) is -0.678. The number of carboxylic acid groups (broad SMARTS) is 1. The molecule has 2 atom stereocenters. The molecule has 13 heteroatoms. The Kier molecular flexibility index (Phi) is 13.8. The van der Waals surface area contributed by atoms with Crippen molar-refractivity contribution in [2.24, 2.45) is 5.92 Å². The molecule has 5 amide bonds. The molecule has 234 valence electrons. The smallest absolute Gasteiger partial charge is 0.404 e. The minimum atomic E-state index is -1.14. The second-order valence-corrected chi connectivity index (χ2v) is 10.2. The van der Waals surface area contributed by atoms with Crippen molar-refractivity contribution in [3.8, 4) is 11.5 Å². The molecule has 6 N–H and O–H groups in total. The lowest BCUT2D eigenvalue weighted by Gasteiger charge is -2.23. The van der Waals surface area contributed by atoms with E-state index in [0.29, 0.717) is 23.5 Å². The molecule has 43 heavy (non-hydrogen) atoms. The summed E-state index contributed by atoms with van der Waals surface area (Å²) < 4.78 is 10.4. The molecule has 0 bridgehead atoms. The van der Waals surface area contributed by atoms with Crippen molar-refractivity contribution < 1.29 is 38.6 Å². The Balaban J connectivity index is 1.97. The maximum absolute atomic E-state index is 13.2. The summed E-state index contributed by atoms with van der Waals surface area (Å²) in [5.41, 5.74) is 2.12. The van der Waals surface area contributed by atoms with Gasteiger partial charge in [-0.25, -0.2) is 9.59 Å². The highest BCUT2D eigenvalue weighted by Crippen LogP contribution is 2.22. The zero-order valence-electron chi connectivity index (χ0n) is 25.1. The molecule has 2 aromatic carbocycles. The fourth-order valence-electron chi connectivity index (χ4n) is 4.14. The van der Waals surface area contributed by atoms with Gasteiger partial charge < -0.3 is 41.2 Å². The predicted octanol–water partition coefficient (Wildman–Crippen LogP) is 2.47. The number of hydrogen-bond donors (Lipinski definition) is 6. The van der Waals surface area contributed by atoms with E-state index >= 15 is 0 Å². The van der Waals surface area contributed by atoms with Gasteiger partial charge in [0.25, 0.3) is 5.91 Å². The van der Waals surface area contributed by atoms with E-state index < -0.39 is 41.8 Å². The van der Waals surface area contributed by atoms with Crippen molar-refractivity contribution in [2.75, 3.05) is 14.2 Å². The summed E-state index contributed by atoms with van der Waals surface area (Å²) in [4.78, 5) is 62.1. The van der Waals surface area contributed by atoms with Crippen LogP contribution in [0.25, 0.3) is 0 Å². The van der Waals surface area contributed by atoms with Gasteiger partial charge in [0.05, 0.1) is 20.3 Å². The first-order valence-corrected chi connectivity index (χ1v) is 13.9. The fourth-order valence-corrected chi connectivity index (χ4v) is 4.14. The first-order valence-electron chi connectivity index (χ1n) is 13.9. The largest absolute Gasteiger partial charge is 0.497 e. The van der Waals surface area contributed by atoms with E-state index in [0.717, 1.165) is 11.1 Å². The van der Waals surface area contributed by atoms with E-state index in [4.69, 9.17) is 14.6 Å². The maximum atomic E-state index is 13.2. The highest BCUT2D eigenvalue weighted by Gasteiger charge is 2.29. The van der Waals surface area contributed by atoms with Crippen LogP contribution in [-0.2, 0) is 34.0 Å². The number of carbonyl (C=O) groups excluding carboxylic acids is 4. The summed E-state index contributed by atoms with van der Waals surface area (Å²) in [5, 5.41) is 21.6. The SMILES string of the molecule is CCC(NC(=O)C(CC(C)C)NC(=O)NCc1cccc(CNC(=O)O)c1)C(=O)C(=O)NCc1cc(OC)cc(OC)c1. The summed E-state index contributed by atoms with van der Waals surface area (Å²) in [5.74, 6) is -1.16. The first kappa shape index (κ1) is 34.4. The van der Waals surface area contributed by atoms with E-state index in [2.05, 4.69) is 26.6 Å². The maximum Gasteiger partial charge on any atom is 0.404 e. The van der Waals surface area contributed by atoms with Crippen LogP contribution >= 0.6 is 0 Å². The molecule has 0 aliphatic rings. The van der Waals surface area contributed by atoms with Crippen LogP contribution in [0, 0.1) is 5.92 Å². The number of urea groups is 1. The van der Waals surface area contributed by atoms with Gasteiger partial charge in [-0.15, -0.1) is 0 Å². The van der Waals surface area contributed by atoms with Crippen LogP contribution < -0.4 is 36.1 Å². The van der Waals surface area contributed by atoms with Gasteiger partial charge in [-0.1, -0.05) is 45.0 Å². The average Bonchev–Trinajstić information content (AvgIpc) is 2.99. The Labute approximate surface area is 251 Å². The molecule has 0 aliphatic carbocycles. The van der Waals surface area contributed by atoms with Crippen LogP contribution in [-0.4, -0.2) is 61.1 Å². The number of ether oxygens (including phenoxy) is 2. The van der Waals surface area contributed by atoms with Gasteiger partial charge in [-0.05, 0) is 47.6 Å². The molecule has 0 saturated carbocycles. The minimum absolute atomic E-state index is 0.0356. The van der Waals surface area contributed by atoms with E-state index in [1.807, 2.05) is 13.8 Å². The third-order valence-electron chi connectivity index (χ3n) is 6.35. The van der Waals surface area contributed by atoms with Gasteiger partial charge in [0.1, 0.15) is 17.5 Å². The van der Waals surface area contributed by atoms with Gasteiger partial charge in [0, 0.05) is 25.7 Å². The lowest BCUT2D eigenvalue weighted by Crippen LogP contribution is -2.55. The zero-order valence-corrected chi connectivity index (χ0v) is 25.1. The second kappa shape index (κ2) is 17.2. The number of hydrogen-bond acceptors (Lipinski definition) is 7. The Morgan fingerprint density at radius 3 is 1.88 bits per heavy atom. The third kappa shape index (κ3) is 11.9. The number of carbonyl (C=O) groups is 5. The molecule has 0 radical (unpaired) electrons. The topological polar surface area (TPSA) is 184 Å². The van der Waals surface area contributed by atoms with Crippen LogP contribution in [0.1, 0.15) is 50.3 Å². The Morgan fingerprint density at radius 2 is 1.35 bits per heavy atom. The highest BCUT2D eigenvalue weighted by atomic mass is 16.5. The Bertz CT molecular complexity index is 1260. The Hall–Kier alpha value is -4.81. The van der Waals surface area contributed by atoms with Crippen molar-refractivity contribution in [1.29, 1.82) is 0 Å². The standard InChI is InChI=1S/C30H41N5O8/c1-6-24(26(36)28(38)31-17-21-12-22(42-4)14-23(13-21)43-5)34-27(37)25(10-18(2)3)35-29(39)32-15-19-8-7-9-20(11-19)16-33-30(40)41/h7-9,11-14,18,24-25,33H,6,10,15-17H2,1-5H3,(H,31,38)(H,34,37)(H,40,41)(H2,32,35,39). The van der Waals surface area contributed by atoms with Gasteiger partial charge in [0.2, 0.25) is 11.7 Å². The number of methoxy groups -OCH3 is 2. The normalized spacial score (nSPS) is 12.0. The third-order valence-corrected chi connectivity index (χ3v) is 6.35. The Morgan fingerprint density at radius 1 is 0.767 bits per heavy atom. The molecule has 0 heterocycles. The molecule has 0 saturated heterocycles. The molecule has 0 aromatic heterocycles. The summed E-state index contributed by atoms with van der Waals surface area (Å²) in [7, 11) is 3.01. The first-order chi connectivity index (χ1) is 20.4. The summed E-state index contributed by atoms with van der Waals surface area (Å²) >= 11 is 0. The zero-order chi connectivity index (χ0) is 31.9. The van der Waals surface area contributed by atoms with Gasteiger partial charge >= 0.3 is 12.1 Å². The van der Waals surface area contributed by atoms with Crippen molar-refractivity contribution >= 4 is 29.7 Å². The molecule has 0 aliphatic heterocycles. The fraction of sp³-hybridized carbons (Fsp3) is 0.433. The van der Waals surface area contributed by atoms with Crippen molar-refractivity contribution in [1.82, 2.24) is 26.6 Å². The molecule has 0 spiro atoms. The van der Waals surface area contributed by atoms with E-state index in [9.17, 15) is 24.0 Å². The number of nitrogens with one attached hydrogen (secondary N) is 5. The molecular formula is C30H41N5O8. The number of Topliss-reactive ketones (excluding diaryl/α,β-unsaturated/α-hetero) is 1. The number of rotatable bonds is 16. The summed E-state index contributed by atoms with van der Waals surface area (Å²) in [6, 6.07) is 9.47. The number of benzene rings is 2. The molecule has 13 nitrogen and oxygen atoms in total. The van der Waals surface area contributed by atoms with Crippen LogP contribution in [0.2, 0.25) is 0 Å². The molecule has 2 rings (SSSR count). The lowest BCUT2D eigenvalue weighted by molar-refractivity contribution is -0.140. The van der Waals surface area contributed by atoms with E-state index in [1.165, 1.54) is 14.2 Å². The predicted molar refractivity (Wildman–Crippen MR) is 159 cm³/mol. The molecule has 2 aromatic rings. The van der Waals surface area contributed by atoms with Crippen LogP contribution in [0.15, 0.2) is 42.5 Å². The van der Waals surface area contributed by atoms with Crippen molar-refractivity contribution in [2.45, 2.75) is 65.3 Å². The van der Waals surface area contributed by atoms with E-state index in [1.54, 1.807) is 49.4 Å². The van der Waals surface area contributed by atoms with Gasteiger partial charge in [-0.2, -0.15) is 0 Å². The average molecular weight is 600 g/mol. The highest BCUT2D eigenvalue weighted by molar-refractivity contribution is 6.38. The number of ketones is 1. The minimum Gasteiger partial charge on any atom is -0.497 e. The van der Waals surface area contributed by atoms with Crippen LogP contribution in [0.3, 0.4) is 0 Å². The summed E-state index contributed by atoms with van der Waals surface area (Å²) in [6.45, 7) is 5.75. The number of amides is 5. The van der Waals surface area contributed by atoms with Crippen LogP contribution in [0.4, 0.5) is 9.59 Å². The van der Waals surface area contributed by atoms with Gasteiger partial charge in [-0.3, -0.25) is 14.4 Å². The molecular weight excluding hydrogens is 558 g/mol. The second-order valence-electron chi connectivity index (χ2n) is 10.2. The molecule has 2 unspecified atom stereocenters. The van der Waals surface area contributed by atoms with Crippen molar-refractivity contribution in [3.05, 3.63) is 59.2 Å². The van der Waals surface area contributed by atoms with E-state index in [-0.39, 0.29) is 32.0 Å².